The molecule has 0 saturated carbocycles. The molecule has 2 atom stereocenters. The van der Waals surface area contributed by atoms with Crippen molar-refractivity contribution in [3.8, 4) is 5.75 Å². The van der Waals surface area contributed by atoms with Crippen molar-refractivity contribution in [2.45, 2.75) is 18.6 Å². The lowest BCUT2D eigenvalue weighted by atomic mass is 10.0. The number of likely N-dealkylation sites (tertiary alicyclic amines) is 1. The predicted molar refractivity (Wildman–Crippen MR) is 76.6 cm³/mol. The molecular formula is C16H17NO3. The lowest BCUT2D eigenvalue weighted by molar-refractivity contribution is -0.123. The van der Waals surface area contributed by atoms with Crippen LogP contribution in [0.25, 0.3) is 10.8 Å². The Balaban J connectivity index is 1.81. The van der Waals surface area contributed by atoms with Crippen molar-refractivity contribution in [2.75, 3.05) is 13.1 Å². The Morgan fingerprint density at radius 1 is 1.20 bits per heavy atom. The SMILES string of the molecule is O=CN1CC[C@@H](Oc2cccc3ccccc23)[C@H](O)C1. The molecule has 20 heavy (non-hydrogen) atoms. The van der Waals surface area contributed by atoms with E-state index in [-0.39, 0.29) is 6.10 Å². The maximum Gasteiger partial charge on any atom is 0.209 e. The molecule has 1 saturated heterocycles. The summed E-state index contributed by atoms with van der Waals surface area (Å²) in [5.41, 5.74) is 0. The number of amides is 1. The minimum absolute atomic E-state index is 0.267. The number of fused-ring (bicyclic) bond motifs is 1. The van der Waals surface area contributed by atoms with Gasteiger partial charge in [-0.25, -0.2) is 0 Å². The monoisotopic (exact) mass is 271 g/mol. The van der Waals surface area contributed by atoms with Gasteiger partial charge in [-0.3, -0.25) is 4.79 Å². The Kier molecular flexibility index (Phi) is 3.56. The number of ether oxygens (including phenoxy) is 1. The number of hydrogen-bond donors (Lipinski definition) is 1. The topological polar surface area (TPSA) is 49.8 Å². The molecule has 0 spiro atoms. The summed E-state index contributed by atoms with van der Waals surface area (Å²) in [6, 6.07) is 13.9. The van der Waals surface area contributed by atoms with Crippen LogP contribution in [0.1, 0.15) is 6.42 Å². The van der Waals surface area contributed by atoms with Crippen LogP contribution >= 0.6 is 0 Å². The molecule has 2 aromatic rings. The van der Waals surface area contributed by atoms with Gasteiger partial charge in [0.2, 0.25) is 6.41 Å². The summed E-state index contributed by atoms with van der Waals surface area (Å²) in [5, 5.41) is 12.2. The van der Waals surface area contributed by atoms with Crippen LogP contribution in [0.2, 0.25) is 0 Å². The largest absolute Gasteiger partial charge is 0.487 e. The van der Waals surface area contributed by atoms with Gasteiger partial charge in [-0.05, 0) is 11.5 Å². The zero-order valence-electron chi connectivity index (χ0n) is 11.1. The van der Waals surface area contributed by atoms with E-state index in [1.807, 2.05) is 42.5 Å². The van der Waals surface area contributed by atoms with Crippen molar-refractivity contribution in [2.24, 2.45) is 0 Å². The number of hydrogen-bond acceptors (Lipinski definition) is 3. The van der Waals surface area contributed by atoms with Gasteiger partial charge in [-0.1, -0.05) is 36.4 Å². The summed E-state index contributed by atoms with van der Waals surface area (Å²) in [5.74, 6) is 0.784. The van der Waals surface area contributed by atoms with E-state index in [4.69, 9.17) is 4.74 Å². The van der Waals surface area contributed by atoms with E-state index in [1.165, 1.54) is 0 Å². The number of nitrogens with zero attached hydrogens (tertiary/aromatic N) is 1. The standard InChI is InChI=1S/C16H17NO3/c18-11-17-9-8-16(14(19)10-17)20-15-7-3-5-12-4-1-2-6-13(12)15/h1-7,11,14,16,19H,8-10H2/t14-,16-/m1/s1. The zero-order valence-corrected chi connectivity index (χ0v) is 11.1. The van der Waals surface area contributed by atoms with Gasteiger partial charge in [0.15, 0.2) is 0 Å². The lowest BCUT2D eigenvalue weighted by Gasteiger charge is -2.34. The van der Waals surface area contributed by atoms with Gasteiger partial charge in [0.1, 0.15) is 18.0 Å². The second-order valence-electron chi connectivity index (χ2n) is 5.09. The molecule has 0 aromatic heterocycles. The van der Waals surface area contributed by atoms with Crippen LogP contribution in [-0.4, -0.2) is 41.7 Å². The number of carbonyl (C=O) groups excluding carboxylic acids is 1. The molecule has 0 radical (unpaired) electrons. The molecule has 4 heteroatoms. The van der Waals surface area contributed by atoms with Crippen LogP contribution in [0.4, 0.5) is 0 Å². The maximum absolute atomic E-state index is 10.7. The highest BCUT2D eigenvalue weighted by Crippen LogP contribution is 2.28. The first-order valence-corrected chi connectivity index (χ1v) is 6.80. The summed E-state index contributed by atoms with van der Waals surface area (Å²) < 4.78 is 5.98. The summed E-state index contributed by atoms with van der Waals surface area (Å²) in [7, 11) is 0. The quantitative estimate of drug-likeness (QED) is 0.866. The first-order valence-electron chi connectivity index (χ1n) is 6.80. The first-order chi connectivity index (χ1) is 9.78. The molecule has 1 aliphatic heterocycles. The fraction of sp³-hybridized carbons (Fsp3) is 0.312. The van der Waals surface area contributed by atoms with E-state index in [2.05, 4.69) is 0 Å². The summed E-state index contributed by atoms with van der Waals surface area (Å²) in [6.07, 6.45) is 0.505. The van der Waals surface area contributed by atoms with E-state index in [1.54, 1.807) is 4.90 Å². The Hall–Kier alpha value is -2.07. The minimum atomic E-state index is -0.645. The Morgan fingerprint density at radius 3 is 2.80 bits per heavy atom. The first kappa shape index (κ1) is 12.9. The van der Waals surface area contributed by atoms with Crippen LogP contribution in [0.15, 0.2) is 42.5 Å². The number of piperidine rings is 1. The fourth-order valence-electron chi connectivity index (χ4n) is 2.63. The molecule has 4 nitrogen and oxygen atoms in total. The third-order valence-electron chi connectivity index (χ3n) is 3.73. The third kappa shape index (κ3) is 2.47. The summed E-state index contributed by atoms with van der Waals surface area (Å²) in [4.78, 5) is 12.3. The van der Waals surface area contributed by atoms with Crippen LogP contribution in [0.3, 0.4) is 0 Å². The van der Waals surface area contributed by atoms with E-state index >= 15 is 0 Å². The number of rotatable bonds is 3. The zero-order chi connectivity index (χ0) is 13.9. The second kappa shape index (κ2) is 5.51. The number of benzene rings is 2. The molecule has 3 rings (SSSR count). The molecule has 1 N–H and O–H groups in total. The van der Waals surface area contributed by atoms with E-state index < -0.39 is 6.10 Å². The van der Waals surface area contributed by atoms with Crippen molar-refractivity contribution in [3.63, 3.8) is 0 Å². The maximum atomic E-state index is 10.7. The number of aliphatic hydroxyl groups is 1. The van der Waals surface area contributed by atoms with Gasteiger partial charge in [0.05, 0.1) is 0 Å². The molecule has 0 bridgehead atoms. The van der Waals surface area contributed by atoms with Crippen molar-refractivity contribution >= 4 is 17.2 Å². The smallest absolute Gasteiger partial charge is 0.209 e. The Labute approximate surface area is 117 Å². The van der Waals surface area contributed by atoms with Gasteiger partial charge in [-0.2, -0.15) is 0 Å². The van der Waals surface area contributed by atoms with Gasteiger partial charge >= 0.3 is 0 Å². The lowest BCUT2D eigenvalue weighted by Crippen LogP contribution is -2.48. The molecule has 2 aromatic carbocycles. The van der Waals surface area contributed by atoms with Gasteiger partial charge in [-0.15, -0.1) is 0 Å². The highest BCUT2D eigenvalue weighted by atomic mass is 16.5. The van der Waals surface area contributed by atoms with Gasteiger partial charge < -0.3 is 14.7 Å². The minimum Gasteiger partial charge on any atom is -0.487 e. The Bertz CT molecular complexity index is 608. The number of aliphatic hydroxyl groups excluding tert-OH is 1. The second-order valence-corrected chi connectivity index (χ2v) is 5.09. The van der Waals surface area contributed by atoms with Crippen LogP contribution < -0.4 is 4.74 Å². The van der Waals surface area contributed by atoms with Gasteiger partial charge in [0.25, 0.3) is 0 Å². The molecule has 1 aliphatic rings. The average molecular weight is 271 g/mol. The fourth-order valence-corrected chi connectivity index (χ4v) is 2.63. The van der Waals surface area contributed by atoms with Crippen LogP contribution in [0.5, 0.6) is 5.75 Å². The van der Waals surface area contributed by atoms with Crippen molar-refractivity contribution in [1.29, 1.82) is 0 Å². The average Bonchev–Trinajstić information content (AvgIpc) is 2.49. The molecule has 104 valence electrons. The van der Waals surface area contributed by atoms with Crippen molar-refractivity contribution in [1.82, 2.24) is 4.90 Å². The van der Waals surface area contributed by atoms with Crippen molar-refractivity contribution < 1.29 is 14.6 Å². The highest BCUT2D eigenvalue weighted by Gasteiger charge is 2.28. The Morgan fingerprint density at radius 2 is 2.00 bits per heavy atom. The number of carbonyl (C=O) groups is 1. The van der Waals surface area contributed by atoms with E-state index in [9.17, 15) is 9.90 Å². The number of β-amino-alcohol motifs (C(OH)–C–C–N with tert-alkyl or cyclic N) is 1. The van der Waals surface area contributed by atoms with Crippen molar-refractivity contribution in [3.05, 3.63) is 42.5 Å². The van der Waals surface area contributed by atoms with E-state index in [0.717, 1.165) is 22.9 Å². The third-order valence-corrected chi connectivity index (χ3v) is 3.73. The highest BCUT2D eigenvalue weighted by molar-refractivity contribution is 5.88. The van der Waals surface area contributed by atoms with Crippen LogP contribution in [0, 0.1) is 0 Å². The molecular weight excluding hydrogens is 254 g/mol. The predicted octanol–water partition coefficient (Wildman–Crippen LogP) is 1.81. The summed E-state index contributed by atoms with van der Waals surface area (Å²) in [6.45, 7) is 0.953. The molecule has 1 heterocycles. The normalized spacial score (nSPS) is 22.8. The molecule has 0 aliphatic carbocycles. The van der Waals surface area contributed by atoms with E-state index in [0.29, 0.717) is 19.5 Å². The van der Waals surface area contributed by atoms with Gasteiger partial charge in [0, 0.05) is 24.9 Å². The summed E-state index contributed by atoms with van der Waals surface area (Å²) >= 11 is 0. The molecule has 1 amide bonds. The molecule has 0 unspecified atom stereocenters. The molecule has 1 fully saturated rings. The van der Waals surface area contributed by atoms with Crippen LogP contribution in [-0.2, 0) is 4.79 Å².